The average molecular weight is 758 g/mol. The molecule has 292 valence electrons. The molecule has 2 heterocycles. The highest BCUT2D eigenvalue weighted by molar-refractivity contribution is 7.89. The van der Waals surface area contributed by atoms with Crippen molar-refractivity contribution in [2.75, 3.05) is 7.11 Å². The van der Waals surface area contributed by atoms with E-state index in [1.54, 1.807) is 33.1 Å². The molecule has 0 amide bonds. The lowest BCUT2D eigenvalue weighted by Crippen LogP contribution is -2.54. The van der Waals surface area contributed by atoms with Crippen LogP contribution in [0.3, 0.4) is 0 Å². The molecule has 0 bridgehead atoms. The molecule has 0 aromatic heterocycles. The van der Waals surface area contributed by atoms with Gasteiger partial charge in [0.1, 0.15) is 23.9 Å². The standard InChI is InChI=1S/C37H53F2NO11S/c1-9-29(48-8)23(4)33-34(51-33)35(40-52(46,47)26-13-14-27(38)28(39)20-26)37(7,45)17-10-11-21(2)32-22(3)12-15-30(49-24(5)41)36(6,44)18-16-25(42)19-31(43)50-32/h10-15,17,20,22-23,25,29-30,32-35,40,42,44-45H,9,16,18-19H2,1-8H3/b15-12+,17-10+,21-11+/t22-,23+,25+,29-,30-,32?,33+,34-,35?,36+,37?/m0/s1. The second-order valence-corrected chi connectivity index (χ2v) is 15.9. The molecule has 11 atom stereocenters. The van der Waals surface area contributed by atoms with E-state index in [0.717, 1.165) is 6.07 Å². The summed E-state index contributed by atoms with van der Waals surface area (Å²) in [4.78, 5) is 24.1. The van der Waals surface area contributed by atoms with E-state index in [1.807, 2.05) is 13.8 Å². The van der Waals surface area contributed by atoms with Crippen molar-refractivity contribution in [3.05, 3.63) is 65.8 Å². The number of hydrogen-bond donors (Lipinski definition) is 4. The Hall–Kier alpha value is -3.05. The zero-order valence-electron chi connectivity index (χ0n) is 30.9. The molecule has 0 saturated carbocycles. The molecule has 2 aliphatic rings. The Bertz CT molecular complexity index is 1610. The number of hydrogen-bond acceptors (Lipinski definition) is 11. The van der Waals surface area contributed by atoms with E-state index in [1.165, 1.54) is 39.0 Å². The number of ether oxygens (including phenoxy) is 4. The van der Waals surface area contributed by atoms with Crippen LogP contribution in [0, 0.1) is 23.5 Å². The number of epoxide rings is 1. The van der Waals surface area contributed by atoms with Gasteiger partial charge in [0.05, 0.1) is 41.3 Å². The van der Waals surface area contributed by atoms with E-state index in [-0.39, 0.29) is 31.3 Å². The topological polar surface area (TPSA) is 181 Å². The Kier molecular flexibility index (Phi) is 14.9. The Balaban J connectivity index is 1.96. The van der Waals surface area contributed by atoms with Gasteiger partial charge >= 0.3 is 11.9 Å². The summed E-state index contributed by atoms with van der Waals surface area (Å²) in [5.74, 6) is -4.59. The second-order valence-electron chi connectivity index (χ2n) is 14.2. The summed E-state index contributed by atoms with van der Waals surface area (Å²) in [6.07, 6.45) is 3.28. The van der Waals surface area contributed by atoms with Gasteiger partial charge in [0.2, 0.25) is 10.0 Å². The molecular formula is C37H53F2NO11S. The van der Waals surface area contributed by atoms with E-state index < -0.39 is 92.2 Å². The highest BCUT2D eigenvalue weighted by Crippen LogP contribution is 2.39. The minimum absolute atomic E-state index is 0.0382. The highest BCUT2D eigenvalue weighted by atomic mass is 32.2. The van der Waals surface area contributed by atoms with Crippen molar-refractivity contribution in [2.45, 2.75) is 133 Å². The van der Waals surface area contributed by atoms with Crippen LogP contribution in [0.4, 0.5) is 8.78 Å². The van der Waals surface area contributed by atoms with Gasteiger partial charge in [0, 0.05) is 25.9 Å². The molecule has 1 aromatic rings. The summed E-state index contributed by atoms with van der Waals surface area (Å²) >= 11 is 0. The summed E-state index contributed by atoms with van der Waals surface area (Å²) in [5, 5.41) is 33.3. The van der Waals surface area contributed by atoms with Gasteiger partial charge in [0.25, 0.3) is 0 Å². The van der Waals surface area contributed by atoms with Crippen LogP contribution in [0.25, 0.3) is 0 Å². The van der Waals surface area contributed by atoms with Crippen molar-refractivity contribution in [1.29, 1.82) is 0 Å². The number of aliphatic hydroxyl groups is 3. The number of nitrogens with one attached hydrogen (secondary N) is 1. The maximum absolute atomic E-state index is 14.0. The molecule has 2 aliphatic heterocycles. The molecule has 52 heavy (non-hydrogen) atoms. The Morgan fingerprint density at radius 2 is 1.88 bits per heavy atom. The molecule has 1 saturated heterocycles. The third kappa shape index (κ3) is 11.5. The van der Waals surface area contributed by atoms with Crippen LogP contribution in [0.5, 0.6) is 0 Å². The number of benzene rings is 1. The first kappa shape index (κ1) is 43.4. The molecule has 0 radical (unpaired) electrons. The van der Waals surface area contributed by atoms with E-state index in [4.69, 9.17) is 18.9 Å². The number of esters is 2. The monoisotopic (exact) mass is 757 g/mol. The number of methoxy groups -OCH3 is 1. The van der Waals surface area contributed by atoms with Crippen molar-refractivity contribution in [3.63, 3.8) is 0 Å². The lowest BCUT2D eigenvalue weighted by Gasteiger charge is -2.32. The summed E-state index contributed by atoms with van der Waals surface area (Å²) < 4.78 is 79.5. The summed E-state index contributed by atoms with van der Waals surface area (Å²) in [6.45, 7) is 11.3. The number of cyclic esters (lactones) is 1. The fraction of sp³-hybridized carbons (Fsp3) is 0.622. The number of rotatable bonds is 13. The quantitative estimate of drug-likeness (QED) is 0.0988. The number of allylic oxidation sites excluding steroid dienone is 2. The van der Waals surface area contributed by atoms with Crippen molar-refractivity contribution < 1.29 is 61.1 Å². The number of carbonyl (C=O) groups is 2. The predicted molar refractivity (Wildman–Crippen MR) is 187 cm³/mol. The fourth-order valence-corrected chi connectivity index (χ4v) is 7.76. The van der Waals surface area contributed by atoms with Crippen LogP contribution in [0.1, 0.15) is 74.1 Å². The van der Waals surface area contributed by atoms with Crippen LogP contribution in [-0.4, -0.2) is 96.7 Å². The van der Waals surface area contributed by atoms with Crippen LogP contribution in [0.15, 0.2) is 59.0 Å². The summed E-state index contributed by atoms with van der Waals surface area (Å²) in [7, 11) is -2.94. The van der Waals surface area contributed by atoms with Crippen LogP contribution >= 0.6 is 0 Å². The van der Waals surface area contributed by atoms with Crippen LogP contribution < -0.4 is 4.72 Å². The molecule has 0 spiro atoms. The third-order valence-corrected chi connectivity index (χ3v) is 11.1. The normalized spacial score (nSPS) is 31.3. The van der Waals surface area contributed by atoms with Crippen molar-refractivity contribution in [2.24, 2.45) is 11.8 Å². The molecule has 15 heteroatoms. The highest BCUT2D eigenvalue weighted by Gasteiger charge is 2.55. The summed E-state index contributed by atoms with van der Waals surface area (Å²) in [5.41, 5.74) is -2.95. The van der Waals surface area contributed by atoms with Gasteiger partial charge in [-0.1, -0.05) is 45.1 Å². The van der Waals surface area contributed by atoms with Gasteiger partial charge < -0.3 is 34.3 Å². The first-order valence-electron chi connectivity index (χ1n) is 17.3. The predicted octanol–water partition coefficient (Wildman–Crippen LogP) is 4.03. The Morgan fingerprint density at radius 1 is 1.21 bits per heavy atom. The van der Waals surface area contributed by atoms with Crippen LogP contribution in [0.2, 0.25) is 0 Å². The zero-order chi connectivity index (χ0) is 39.2. The number of aliphatic hydroxyl groups excluding tert-OH is 1. The van der Waals surface area contributed by atoms with Gasteiger partial charge in [-0.2, -0.15) is 0 Å². The SMILES string of the molecule is CC[C@H](OC)[C@@H](C)[C@H]1O[C@@H]1C(NS(=O)(=O)c1ccc(F)c(F)c1)C(C)(O)/C=C/C=C(\C)C1OC(=O)C[C@H](O)CC[C@@](C)(O)[C@@H](OC(C)=O)/C=C/[C@@H]1C. The van der Waals surface area contributed by atoms with Gasteiger partial charge in [-0.25, -0.2) is 21.9 Å². The van der Waals surface area contributed by atoms with E-state index in [0.29, 0.717) is 24.1 Å². The number of halogens is 2. The molecule has 1 aromatic carbocycles. The van der Waals surface area contributed by atoms with Gasteiger partial charge in [-0.05, 0) is 69.9 Å². The second kappa shape index (κ2) is 17.9. The maximum Gasteiger partial charge on any atom is 0.309 e. The smallest absolute Gasteiger partial charge is 0.309 e. The minimum Gasteiger partial charge on any atom is -0.457 e. The van der Waals surface area contributed by atoms with Crippen molar-refractivity contribution >= 4 is 22.0 Å². The number of carbonyl (C=O) groups excluding carboxylic acids is 2. The molecule has 3 rings (SSSR count). The Labute approximate surface area is 304 Å². The van der Waals surface area contributed by atoms with E-state index in [9.17, 15) is 42.1 Å². The first-order valence-corrected chi connectivity index (χ1v) is 18.8. The molecule has 12 nitrogen and oxygen atoms in total. The molecule has 0 aliphatic carbocycles. The van der Waals surface area contributed by atoms with Crippen molar-refractivity contribution in [1.82, 2.24) is 4.72 Å². The lowest BCUT2D eigenvalue weighted by molar-refractivity contribution is -0.157. The zero-order valence-corrected chi connectivity index (χ0v) is 31.7. The van der Waals surface area contributed by atoms with Gasteiger partial charge in [-0.15, -0.1) is 0 Å². The van der Waals surface area contributed by atoms with Gasteiger partial charge in [0.15, 0.2) is 11.6 Å². The van der Waals surface area contributed by atoms with Crippen LogP contribution in [-0.2, 0) is 38.6 Å². The van der Waals surface area contributed by atoms with E-state index >= 15 is 0 Å². The average Bonchev–Trinajstić information content (AvgIpc) is 3.85. The molecule has 1 fully saturated rings. The number of sulfonamides is 1. The maximum atomic E-state index is 14.0. The minimum atomic E-state index is -4.50. The fourth-order valence-electron chi connectivity index (χ4n) is 6.41. The third-order valence-electron chi connectivity index (χ3n) is 9.67. The first-order chi connectivity index (χ1) is 24.1. The Morgan fingerprint density at radius 3 is 2.48 bits per heavy atom. The molecule has 4 N–H and O–H groups in total. The van der Waals surface area contributed by atoms with Gasteiger partial charge in [-0.3, -0.25) is 9.59 Å². The largest absolute Gasteiger partial charge is 0.457 e. The molecule has 3 unspecified atom stereocenters. The van der Waals surface area contributed by atoms with Crippen molar-refractivity contribution in [3.8, 4) is 0 Å². The molecular weight excluding hydrogens is 704 g/mol. The summed E-state index contributed by atoms with van der Waals surface area (Å²) in [6, 6.07) is 0.851. The van der Waals surface area contributed by atoms with E-state index in [2.05, 4.69) is 4.72 Å². The lowest BCUT2D eigenvalue weighted by atomic mass is 9.87.